The first-order valence-electron chi connectivity index (χ1n) is 7.21. The lowest BCUT2D eigenvalue weighted by molar-refractivity contribution is 0.740. The van der Waals surface area contributed by atoms with Crippen molar-refractivity contribution in [1.82, 2.24) is 0 Å². The highest BCUT2D eigenvalue weighted by Crippen LogP contribution is 2.21. The summed E-state index contributed by atoms with van der Waals surface area (Å²) in [5.74, 6) is 0. The Kier molecular flexibility index (Phi) is 8.37. The smallest absolute Gasteiger partial charge is 0.0779 e. The van der Waals surface area contributed by atoms with Crippen LogP contribution in [-0.4, -0.2) is 6.21 Å². The molecular formula is C18H25N. The number of unbranched alkanes of at least 4 members (excludes halogenated alkanes) is 2. The zero-order valence-corrected chi connectivity index (χ0v) is 12.0. The fourth-order valence-corrected chi connectivity index (χ4v) is 1.91. The van der Waals surface area contributed by atoms with E-state index >= 15 is 0 Å². The molecule has 0 spiro atoms. The number of hydrogen-bond acceptors (Lipinski definition) is 1. The molecule has 1 aromatic carbocycles. The van der Waals surface area contributed by atoms with Crippen LogP contribution in [0, 0.1) is 0 Å². The zero-order valence-electron chi connectivity index (χ0n) is 12.0. The van der Waals surface area contributed by atoms with Gasteiger partial charge in [-0.15, -0.1) is 6.58 Å². The molecule has 0 saturated carbocycles. The second kappa shape index (κ2) is 10.3. The Bertz CT molecular complexity index is 389. The van der Waals surface area contributed by atoms with Crippen LogP contribution >= 0.6 is 0 Å². The summed E-state index contributed by atoms with van der Waals surface area (Å²) in [4.78, 5) is 4.65. The van der Waals surface area contributed by atoms with E-state index in [0.717, 1.165) is 25.7 Å². The van der Waals surface area contributed by atoms with Crippen LogP contribution < -0.4 is 0 Å². The SMILES string of the molecule is C=CCCCC=CCC(N=CCC)c1ccccc1. The van der Waals surface area contributed by atoms with Gasteiger partial charge in [0.2, 0.25) is 0 Å². The van der Waals surface area contributed by atoms with Crippen molar-refractivity contribution in [3.63, 3.8) is 0 Å². The van der Waals surface area contributed by atoms with E-state index in [1.54, 1.807) is 0 Å². The third kappa shape index (κ3) is 6.76. The van der Waals surface area contributed by atoms with Crippen molar-refractivity contribution in [2.45, 2.75) is 45.1 Å². The minimum Gasteiger partial charge on any atom is -0.289 e. The van der Waals surface area contributed by atoms with Gasteiger partial charge in [-0.2, -0.15) is 0 Å². The van der Waals surface area contributed by atoms with Gasteiger partial charge in [0, 0.05) is 0 Å². The van der Waals surface area contributed by atoms with Gasteiger partial charge in [0.05, 0.1) is 6.04 Å². The molecule has 0 aliphatic heterocycles. The summed E-state index contributed by atoms with van der Waals surface area (Å²) in [7, 11) is 0. The largest absolute Gasteiger partial charge is 0.289 e. The molecule has 0 fully saturated rings. The number of benzene rings is 1. The standard InChI is InChI=1S/C18H25N/c1-3-5-6-7-8-12-15-18(19-16-4-2)17-13-10-9-11-14-17/h3,8-14,16,18H,1,4-7,15H2,2H3. The van der Waals surface area contributed by atoms with Crippen molar-refractivity contribution < 1.29 is 0 Å². The molecule has 0 aromatic heterocycles. The molecule has 1 rings (SSSR count). The van der Waals surface area contributed by atoms with Crippen LogP contribution in [0.15, 0.2) is 60.1 Å². The Balaban J connectivity index is 2.51. The minimum atomic E-state index is 0.261. The van der Waals surface area contributed by atoms with Crippen LogP contribution in [-0.2, 0) is 0 Å². The lowest BCUT2D eigenvalue weighted by Gasteiger charge is -2.10. The summed E-state index contributed by atoms with van der Waals surface area (Å²) in [5.41, 5.74) is 1.29. The molecule has 0 aliphatic carbocycles. The highest BCUT2D eigenvalue weighted by Gasteiger charge is 2.05. The summed E-state index contributed by atoms with van der Waals surface area (Å²) in [6.07, 6.45) is 13.9. The molecule has 1 aromatic rings. The van der Waals surface area contributed by atoms with Gasteiger partial charge in [0.15, 0.2) is 0 Å². The van der Waals surface area contributed by atoms with Gasteiger partial charge in [-0.3, -0.25) is 4.99 Å². The predicted octanol–water partition coefficient (Wildman–Crippen LogP) is 5.51. The maximum atomic E-state index is 4.65. The summed E-state index contributed by atoms with van der Waals surface area (Å²) in [5, 5.41) is 0. The molecule has 0 N–H and O–H groups in total. The van der Waals surface area contributed by atoms with E-state index < -0.39 is 0 Å². The molecule has 0 saturated heterocycles. The summed E-state index contributed by atoms with van der Waals surface area (Å²) in [6, 6.07) is 10.8. The first-order valence-corrected chi connectivity index (χ1v) is 7.21. The summed E-state index contributed by atoms with van der Waals surface area (Å²) in [6.45, 7) is 5.86. The fraction of sp³-hybridized carbons (Fsp3) is 0.389. The van der Waals surface area contributed by atoms with E-state index in [9.17, 15) is 0 Å². The van der Waals surface area contributed by atoms with E-state index in [-0.39, 0.29) is 6.04 Å². The minimum absolute atomic E-state index is 0.261. The van der Waals surface area contributed by atoms with Gasteiger partial charge < -0.3 is 0 Å². The second-order valence-corrected chi connectivity index (χ2v) is 4.59. The third-order valence-electron chi connectivity index (χ3n) is 2.96. The molecule has 1 atom stereocenters. The van der Waals surface area contributed by atoms with E-state index in [4.69, 9.17) is 0 Å². The molecule has 1 nitrogen and oxygen atoms in total. The average molecular weight is 255 g/mol. The molecule has 0 heterocycles. The number of nitrogens with zero attached hydrogens (tertiary/aromatic N) is 1. The fourth-order valence-electron chi connectivity index (χ4n) is 1.91. The van der Waals surface area contributed by atoms with Crippen LogP contribution in [0.4, 0.5) is 0 Å². The Morgan fingerprint density at radius 3 is 2.63 bits per heavy atom. The maximum Gasteiger partial charge on any atom is 0.0779 e. The van der Waals surface area contributed by atoms with Crippen molar-refractivity contribution >= 4 is 6.21 Å². The van der Waals surface area contributed by atoms with Gasteiger partial charge in [-0.05, 0) is 43.9 Å². The Morgan fingerprint density at radius 1 is 1.16 bits per heavy atom. The van der Waals surface area contributed by atoms with Crippen molar-refractivity contribution in [3.8, 4) is 0 Å². The van der Waals surface area contributed by atoms with Crippen LogP contribution in [0.1, 0.15) is 50.6 Å². The molecule has 0 aliphatic rings. The van der Waals surface area contributed by atoms with Gasteiger partial charge in [-0.25, -0.2) is 0 Å². The lowest BCUT2D eigenvalue weighted by Crippen LogP contribution is -1.94. The number of aliphatic imine (C=N–C) groups is 1. The van der Waals surface area contributed by atoms with Crippen molar-refractivity contribution in [3.05, 3.63) is 60.7 Å². The first kappa shape index (κ1) is 15.4. The Hall–Kier alpha value is -1.63. The molecule has 1 heteroatoms. The zero-order chi connectivity index (χ0) is 13.8. The second-order valence-electron chi connectivity index (χ2n) is 4.59. The number of allylic oxidation sites excluding steroid dienone is 2. The van der Waals surface area contributed by atoms with E-state index in [1.165, 1.54) is 12.0 Å². The Labute approximate surface area is 117 Å². The van der Waals surface area contributed by atoms with Crippen LogP contribution in [0.2, 0.25) is 0 Å². The van der Waals surface area contributed by atoms with E-state index in [0.29, 0.717) is 0 Å². The Morgan fingerprint density at radius 2 is 1.95 bits per heavy atom. The molecule has 0 bridgehead atoms. The van der Waals surface area contributed by atoms with Gasteiger partial charge in [0.25, 0.3) is 0 Å². The van der Waals surface area contributed by atoms with Gasteiger partial charge >= 0.3 is 0 Å². The quantitative estimate of drug-likeness (QED) is 0.313. The topological polar surface area (TPSA) is 12.4 Å². The molecule has 1 unspecified atom stereocenters. The number of hydrogen-bond donors (Lipinski definition) is 0. The van der Waals surface area contributed by atoms with Gasteiger partial charge in [-0.1, -0.05) is 55.5 Å². The summed E-state index contributed by atoms with van der Waals surface area (Å²) < 4.78 is 0. The normalized spacial score (nSPS) is 13.1. The number of rotatable bonds is 9. The molecule has 0 amide bonds. The average Bonchev–Trinajstić information content (AvgIpc) is 2.46. The first-order chi connectivity index (χ1) is 9.38. The van der Waals surface area contributed by atoms with E-state index in [2.05, 4.69) is 61.0 Å². The molecular weight excluding hydrogens is 230 g/mol. The lowest BCUT2D eigenvalue weighted by atomic mass is 10.0. The molecule has 19 heavy (non-hydrogen) atoms. The highest BCUT2D eigenvalue weighted by atomic mass is 14.8. The van der Waals surface area contributed by atoms with Gasteiger partial charge in [0.1, 0.15) is 0 Å². The third-order valence-corrected chi connectivity index (χ3v) is 2.96. The molecule has 102 valence electrons. The monoisotopic (exact) mass is 255 g/mol. The summed E-state index contributed by atoms with van der Waals surface area (Å²) >= 11 is 0. The van der Waals surface area contributed by atoms with Crippen molar-refractivity contribution in [2.24, 2.45) is 4.99 Å². The maximum absolute atomic E-state index is 4.65. The van der Waals surface area contributed by atoms with Crippen LogP contribution in [0.5, 0.6) is 0 Å². The van der Waals surface area contributed by atoms with Crippen molar-refractivity contribution in [2.75, 3.05) is 0 Å². The van der Waals surface area contributed by atoms with Crippen molar-refractivity contribution in [1.29, 1.82) is 0 Å². The van der Waals surface area contributed by atoms with Crippen LogP contribution in [0.25, 0.3) is 0 Å². The molecule has 0 radical (unpaired) electrons. The highest BCUT2D eigenvalue weighted by molar-refractivity contribution is 5.57. The van der Waals surface area contributed by atoms with Crippen LogP contribution in [0.3, 0.4) is 0 Å². The van der Waals surface area contributed by atoms with E-state index in [1.807, 2.05) is 12.3 Å². The predicted molar refractivity (Wildman–Crippen MR) is 85.8 cm³/mol.